The third-order valence-corrected chi connectivity index (χ3v) is 4.25. The van der Waals surface area contributed by atoms with Gasteiger partial charge in [-0.15, -0.1) is 0 Å². The molecule has 0 spiro atoms. The van der Waals surface area contributed by atoms with Crippen molar-refractivity contribution in [3.05, 3.63) is 39.7 Å². The zero-order chi connectivity index (χ0) is 14.8. The quantitative estimate of drug-likeness (QED) is 0.483. The first-order chi connectivity index (χ1) is 8.69. The molecule has 0 heterocycles. The molecule has 0 atom stereocenters. The van der Waals surface area contributed by atoms with E-state index >= 15 is 0 Å². The van der Waals surface area contributed by atoms with Gasteiger partial charge in [0.1, 0.15) is 5.82 Å². The number of alkyl halides is 1. The van der Waals surface area contributed by atoms with Crippen molar-refractivity contribution in [3.63, 3.8) is 0 Å². The van der Waals surface area contributed by atoms with Crippen LogP contribution in [0.1, 0.15) is 24.2 Å². The van der Waals surface area contributed by atoms with Crippen LogP contribution < -0.4 is 0 Å². The van der Waals surface area contributed by atoms with Gasteiger partial charge >= 0.3 is 0 Å². The Labute approximate surface area is 118 Å². The molecule has 0 saturated heterocycles. The van der Waals surface area contributed by atoms with Crippen molar-refractivity contribution in [2.75, 3.05) is 12.4 Å². The van der Waals surface area contributed by atoms with Crippen molar-refractivity contribution in [3.8, 4) is 0 Å². The van der Waals surface area contributed by atoms with Crippen LogP contribution in [0.5, 0.6) is 0 Å². The Bertz CT molecular complexity index is 520. The molecule has 0 aromatic heterocycles. The van der Waals surface area contributed by atoms with E-state index in [9.17, 15) is 19.3 Å². The van der Waals surface area contributed by atoms with E-state index in [4.69, 9.17) is 0 Å². The maximum absolute atomic E-state index is 13.3. The van der Waals surface area contributed by atoms with Gasteiger partial charge in [0.25, 0.3) is 11.6 Å². The highest BCUT2D eigenvalue weighted by Gasteiger charge is 2.28. The fourth-order valence-electron chi connectivity index (χ4n) is 1.36. The first-order valence-electron chi connectivity index (χ1n) is 5.48. The molecule has 7 heteroatoms. The highest BCUT2D eigenvalue weighted by molar-refractivity contribution is 9.09. The van der Waals surface area contributed by atoms with Gasteiger partial charge < -0.3 is 4.90 Å². The molecule has 0 unspecified atom stereocenters. The monoisotopic (exact) mass is 332 g/mol. The summed E-state index contributed by atoms with van der Waals surface area (Å²) in [6.07, 6.45) is 0. The van der Waals surface area contributed by atoms with Crippen LogP contribution in [0.2, 0.25) is 0 Å². The molecule has 0 aliphatic rings. The predicted molar refractivity (Wildman–Crippen MR) is 73.0 cm³/mol. The van der Waals surface area contributed by atoms with E-state index in [1.807, 2.05) is 13.8 Å². The number of amides is 1. The number of rotatable bonds is 4. The number of non-ortho nitro benzene ring substituents is 1. The Morgan fingerprint density at radius 1 is 1.47 bits per heavy atom. The highest BCUT2D eigenvalue weighted by atomic mass is 79.9. The molecule has 0 N–H and O–H groups in total. The van der Waals surface area contributed by atoms with E-state index in [1.165, 1.54) is 4.90 Å². The summed E-state index contributed by atoms with van der Waals surface area (Å²) in [6.45, 7) is 3.65. The molecule has 0 bridgehead atoms. The van der Waals surface area contributed by atoms with Crippen molar-refractivity contribution in [2.45, 2.75) is 19.4 Å². The van der Waals surface area contributed by atoms with Gasteiger partial charge in [-0.25, -0.2) is 4.39 Å². The number of hydrogen-bond acceptors (Lipinski definition) is 3. The second-order valence-electron chi connectivity index (χ2n) is 4.77. The molecular formula is C12H14BrFN2O3. The lowest BCUT2D eigenvalue weighted by molar-refractivity contribution is -0.385. The van der Waals surface area contributed by atoms with Gasteiger partial charge in [-0.3, -0.25) is 14.9 Å². The lowest BCUT2D eigenvalue weighted by atomic mass is 10.0. The van der Waals surface area contributed by atoms with E-state index in [0.29, 0.717) is 5.33 Å². The van der Waals surface area contributed by atoms with Crippen molar-refractivity contribution in [1.82, 2.24) is 4.90 Å². The van der Waals surface area contributed by atoms with Gasteiger partial charge in [0, 0.05) is 29.5 Å². The summed E-state index contributed by atoms with van der Waals surface area (Å²) >= 11 is 3.29. The van der Waals surface area contributed by atoms with Crippen LogP contribution in [0.15, 0.2) is 18.2 Å². The molecule has 0 saturated carbocycles. The van der Waals surface area contributed by atoms with Gasteiger partial charge in [0.15, 0.2) is 0 Å². The molecule has 0 aliphatic carbocycles. The Morgan fingerprint density at radius 3 is 2.53 bits per heavy atom. The highest BCUT2D eigenvalue weighted by Crippen LogP contribution is 2.21. The topological polar surface area (TPSA) is 63.5 Å². The van der Waals surface area contributed by atoms with Crippen LogP contribution in [-0.2, 0) is 0 Å². The number of nitro groups is 1. The van der Waals surface area contributed by atoms with Gasteiger partial charge in [0.05, 0.1) is 11.0 Å². The number of carbonyl (C=O) groups excluding carboxylic acids is 1. The molecule has 1 aromatic rings. The maximum atomic E-state index is 13.3. The van der Waals surface area contributed by atoms with E-state index in [2.05, 4.69) is 15.9 Å². The van der Waals surface area contributed by atoms with Crippen molar-refractivity contribution < 1.29 is 14.1 Å². The molecule has 1 rings (SSSR count). The Hall–Kier alpha value is -1.50. The van der Waals surface area contributed by atoms with Crippen LogP contribution >= 0.6 is 15.9 Å². The van der Waals surface area contributed by atoms with Gasteiger partial charge in [-0.2, -0.15) is 0 Å². The van der Waals surface area contributed by atoms with E-state index < -0.39 is 27.9 Å². The van der Waals surface area contributed by atoms with Crippen LogP contribution in [0, 0.1) is 15.9 Å². The third kappa shape index (κ3) is 3.50. The normalized spacial score (nSPS) is 11.2. The number of nitro benzene ring substituents is 1. The first kappa shape index (κ1) is 15.6. The minimum atomic E-state index is -0.803. The standard InChI is InChI=1S/C12H14BrFN2O3/c1-12(2,7-13)15(3)11(17)8-4-9(14)6-10(5-8)16(18)19/h4-6H,7H2,1-3H3. The summed E-state index contributed by atoms with van der Waals surface area (Å²) in [5.41, 5.74) is -0.963. The van der Waals surface area contributed by atoms with Crippen molar-refractivity contribution in [1.29, 1.82) is 0 Å². The number of nitrogens with zero attached hydrogens (tertiary/aromatic N) is 2. The summed E-state index contributed by atoms with van der Waals surface area (Å²) < 4.78 is 13.3. The minimum Gasteiger partial charge on any atom is -0.336 e. The van der Waals surface area contributed by atoms with Crippen LogP contribution in [0.3, 0.4) is 0 Å². The molecule has 0 fully saturated rings. The van der Waals surface area contributed by atoms with E-state index in [0.717, 1.165) is 18.2 Å². The summed E-state index contributed by atoms with van der Waals surface area (Å²) in [7, 11) is 1.57. The smallest absolute Gasteiger partial charge is 0.273 e. The van der Waals surface area contributed by atoms with Crippen LogP contribution in [0.4, 0.5) is 10.1 Å². The molecule has 19 heavy (non-hydrogen) atoms. The van der Waals surface area contributed by atoms with Crippen LogP contribution in [-0.4, -0.2) is 33.6 Å². The van der Waals surface area contributed by atoms with Crippen molar-refractivity contribution >= 4 is 27.5 Å². The second-order valence-corrected chi connectivity index (χ2v) is 5.33. The average Bonchev–Trinajstić information content (AvgIpc) is 2.36. The maximum Gasteiger partial charge on any atom is 0.273 e. The van der Waals surface area contributed by atoms with Crippen LogP contribution in [0.25, 0.3) is 0 Å². The zero-order valence-corrected chi connectivity index (χ0v) is 12.4. The number of hydrogen-bond donors (Lipinski definition) is 0. The Kier molecular flexibility index (Phi) is 4.62. The fourth-order valence-corrected chi connectivity index (χ4v) is 1.74. The molecule has 0 aliphatic heterocycles. The minimum absolute atomic E-state index is 0.0387. The summed E-state index contributed by atoms with van der Waals surface area (Å²) in [5.74, 6) is -1.27. The Morgan fingerprint density at radius 2 is 2.05 bits per heavy atom. The fraction of sp³-hybridized carbons (Fsp3) is 0.417. The molecule has 104 valence electrons. The Balaban J connectivity index is 3.16. The molecule has 5 nitrogen and oxygen atoms in total. The molecule has 0 radical (unpaired) electrons. The SMILES string of the molecule is CN(C(=O)c1cc(F)cc([N+](=O)[O-])c1)C(C)(C)CBr. The number of halogens is 2. The van der Waals surface area contributed by atoms with Gasteiger partial charge in [-0.1, -0.05) is 15.9 Å². The summed E-state index contributed by atoms with van der Waals surface area (Å²) in [4.78, 5) is 23.5. The number of carbonyl (C=O) groups is 1. The summed E-state index contributed by atoms with van der Waals surface area (Å²) in [5, 5.41) is 11.2. The second kappa shape index (κ2) is 5.64. The van der Waals surface area contributed by atoms with Crippen molar-refractivity contribution in [2.24, 2.45) is 0 Å². The molecule has 1 amide bonds. The zero-order valence-electron chi connectivity index (χ0n) is 10.8. The first-order valence-corrected chi connectivity index (χ1v) is 6.60. The van der Waals surface area contributed by atoms with Gasteiger partial charge in [-0.05, 0) is 19.9 Å². The lowest BCUT2D eigenvalue weighted by Crippen LogP contribution is -2.46. The molecule has 1 aromatic carbocycles. The van der Waals surface area contributed by atoms with Gasteiger partial charge in [0.2, 0.25) is 0 Å². The summed E-state index contributed by atoms with van der Waals surface area (Å²) in [6, 6.07) is 2.86. The lowest BCUT2D eigenvalue weighted by Gasteiger charge is -2.34. The number of benzene rings is 1. The van der Waals surface area contributed by atoms with E-state index in [-0.39, 0.29) is 5.56 Å². The van der Waals surface area contributed by atoms with E-state index in [1.54, 1.807) is 7.05 Å². The largest absolute Gasteiger partial charge is 0.336 e. The average molecular weight is 333 g/mol. The predicted octanol–water partition coefficient (Wildman–Crippen LogP) is 2.98. The third-order valence-electron chi connectivity index (χ3n) is 2.88. The molecular weight excluding hydrogens is 319 g/mol.